The zero-order chi connectivity index (χ0) is 20.6. The van der Waals surface area contributed by atoms with Crippen molar-refractivity contribution in [1.29, 1.82) is 0 Å². The molecule has 150 valence electrons. The van der Waals surface area contributed by atoms with Crippen LogP contribution >= 0.6 is 11.6 Å². The maximum absolute atomic E-state index is 12.7. The summed E-state index contributed by atoms with van der Waals surface area (Å²) in [5, 5.41) is 0.486. The smallest absolute Gasteiger partial charge is 0.294 e. The van der Waals surface area contributed by atoms with E-state index in [0.717, 1.165) is 54.0 Å². The first-order chi connectivity index (χ1) is 13.8. The number of fused-ring (bicyclic) bond motifs is 1. The minimum Gasteiger partial charge on any atom is -0.294 e. The Morgan fingerprint density at radius 1 is 1.10 bits per heavy atom. The molecule has 0 saturated carbocycles. The second-order valence-corrected chi connectivity index (χ2v) is 7.52. The summed E-state index contributed by atoms with van der Waals surface area (Å²) in [6.45, 7) is 4.32. The topological polar surface area (TPSA) is 41.9 Å². The van der Waals surface area contributed by atoms with E-state index in [9.17, 15) is 13.2 Å². The summed E-state index contributed by atoms with van der Waals surface area (Å²) in [5.41, 5.74) is 4.10. The van der Waals surface area contributed by atoms with Gasteiger partial charge in [0.15, 0.2) is 5.82 Å². The SMILES string of the molecule is Cc1cc(Cl)ncc1CN1CCc2nc(-c3ccc(C(F)(F)F)cc3)ncc2C1. The van der Waals surface area contributed by atoms with Crippen LogP contribution in [0.4, 0.5) is 13.2 Å². The molecule has 8 heteroatoms. The van der Waals surface area contributed by atoms with Gasteiger partial charge < -0.3 is 0 Å². The number of hydrogen-bond acceptors (Lipinski definition) is 4. The summed E-state index contributed by atoms with van der Waals surface area (Å²) >= 11 is 5.93. The lowest BCUT2D eigenvalue weighted by molar-refractivity contribution is -0.137. The molecule has 29 heavy (non-hydrogen) atoms. The zero-order valence-corrected chi connectivity index (χ0v) is 16.4. The fourth-order valence-corrected chi connectivity index (χ4v) is 3.63. The van der Waals surface area contributed by atoms with E-state index >= 15 is 0 Å². The molecule has 0 fully saturated rings. The van der Waals surface area contributed by atoms with Gasteiger partial charge in [0.1, 0.15) is 5.15 Å². The Kier molecular flexibility index (Phi) is 5.27. The second kappa shape index (κ2) is 7.72. The zero-order valence-electron chi connectivity index (χ0n) is 15.7. The fraction of sp³-hybridized carbons (Fsp3) is 0.286. The molecule has 1 aliphatic rings. The number of alkyl halides is 3. The van der Waals surface area contributed by atoms with Gasteiger partial charge in [-0.15, -0.1) is 0 Å². The summed E-state index contributed by atoms with van der Waals surface area (Å²) in [7, 11) is 0. The highest BCUT2D eigenvalue weighted by atomic mass is 35.5. The first-order valence-corrected chi connectivity index (χ1v) is 9.53. The number of hydrogen-bond donors (Lipinski definition) is 0. The third-order valence-electron chi connectivity index (χ3n) is 5.06. The van der Waals surface area contributed by atoms with Crippen molar-refractivity contribution in [2.75, 3.05) is 6.54 Å². The molecule has 0 spiro atoms. The molecule has 0 radical (unpaired) electrons. The average Bonchev–Trinajstić information content (AvgIpc) is 2.69. The van der Waals surface area contributed by atoms with Gasteiger partial charge in [0.2, 0.25) is 0 Å². The van der Waals surface area contributed by atoms with Crippen LogP contribution < -0.4 is 0 Å². The average molecular weight is 419 g/mol. The Labute approximate surface area is 171 Å². The van der Waals surface area contributed by atoms with Gasteiger partial charge in [-0.1, -0.05) is 23.7 Å². The van der Waals surface area contributed by atoms with Crippen molar-refractivity contribution in [3.05, 3.63) is 75.8 Å². The lowest BCUT2D eigenvalue weighted by atomic mass is 10.0. The van der Waals surface area contributed by atoms with E-state index in [1.807, 2.05) is 13.0 Å². The maximum Gasteiger partial charge on any atom is 0.416 e. The predicted molar refractivity (Wildman–Crippen MR) is 104 cm³/mol. The highest BCUT2D eigenvalue weighted by Crippen LogP contribution is 2.30. The van der Waals surface area contributed by atoms with Gasteiger partial charge >= 0.3 is 6.18 Å². The van der Waals surface area contributed by atoms with Gasteiger partial charge in [-0.3, -0.25) is 4.90 Å². The van der Waals surface area contributed by atoms with Crippen LogP contribution in [-0.2, 0) is 25.7 Å². The first kappa shape index (κ1) is 19.8. The van der Waals surface area contributed by atoms with E-state index in [2.05, 4.69) is 19.9 Å². The minimum atomic E-state index is -4.35. The molecule has 0 amide bonds. The molecular formula is C21H18ClF3N4. The Bertz CT molecular complexity index is 1040. The highest BCUT2D eigenvalue weighted by Gasteiger charge is 2.30. The van der Waals surface area contributed by atoms with Crippen molar-refractivity contribution in [2.45, 2.75) is 32.6 Å². The van der Waals surface area contributed by atoms with Crippen molar-refractivity contribution >= 4 is 11.6 Å². The van der Waals surface area contributed by atoms with E-state index in [-0.39, 0.29) is 0 Å². The van der Waals surface area contributed by atoms with Gasteiger partial charge in [0, 0.05) is 49.6 Å². The highest BCUT2D eigenvalue weighted by molar-refractivity contribution is 6.29. The van der Waals surface area contributed by atoms with Crippen LogP contribution in [-0.4, -0.2) is 26.4 Å². The van der Waals surface area contributed by atoms with Gasteiger partial charge in [0.05, 0.1) is 11.3 Å². The Morgan fingerprint density at radius 2 is 1.86 bits per heavy atom. The van der Waals surface area contributed by atoms with Crippen LogP contribution in [0.15, 0.2) is 42.7 Å². The molecule has 0 aliphatic carbocycles. The quantitative estimate of drug-likeness (QED) is 0.556. The van der Waals surface area contributed by atoms with Crippen molar-refractivity contribution in [1.82, 2.24) is 19.9 Å². The first-order valence-electron chi connectivity index (χ1n) is 9.15. The molecule has 1 aliphatic heterocycles. The summed E-state index contributed by atoms with van der Waals surface area (Å²) in [6, 6.07) is 6.80. The van der Waals surface area contributed by atoms with Crippen LogP contribution in [0.5, 0.6) is 0 Å². The molecule has 0 unspecified atom stereocenters. The number of halogens is 4. The van der Waals surface area contributed by atoms with E-state index in [0.29, 0.717) is 23.1 Å². The van der Waals surface area contributed by atoms with E-state index in [1.165, 1.54) is 12.1 Å². The number of aryl methyl sites for hydroxylation is 1. The van der Waals surface area contributed by atoms with Gasteiger partial charge in [-0.25, -0.2) is 15.0 Å². The minimum absolute atomic E-state index is 0.448. The molecule has 0 saturated heterocycles. The van der Waals surface area contributed by atoms with E-state index in [4.69, 9.17) is 11.6 Å². The molecule has 0 bridgehead atoms. The third kappa shape index (κ3) is 4.41. The summed E-state index contributed by atoms with van der Waals surface area (Å²) in [6.07, 6.45) is -0.0198. The number of nitrogens with zero attached hydrogens (tertiary/aromatic N) is 4. The van der Waals surface area contributed by atoms with Crippen LogP contribution in [0.2, 0.25) is 5.15 Å². The Hall–Kier alpha value is -2.51. The van der Waals surface area contributed by atoms with Crippen LogP contribution in [0.1, 0.15) is 27.9 Å². The van der Waals surface area contributed by atoms with Crippen molar-refractivity contribution in [3.8, 4) is 11.4 Å². The number of benzene rings is 1. The monoisotopic (exact) mass is 418 g/mol. The van der Waals surface area contributed by atoms with Gasteiger partial charge in [0.25, 0.3) is 0 Å². The molecule has 4 rings (SSSR count). The molecular weight excluding hydrogens is 401 g/mol. The molecule has 0 N–H and O–H groups in total. The molecule has 3 aromatic rings. The molecule has 4 nitrogen and oxygen atoms in total. The van der Waals surface area contributed by atoms with E-state index < -0.39 is 11.7 Å². The molecule has 0 atom stereocenters. The lowest BCUT2D eigenvalue weighted by Gasteiger charge is -2.28. The fourth-order valence-electron chi connectivity index (χ4n) is 3.41. The maximum atomic E-state index is 12.7. The Balaban J connectivity index is 1.50. The molecule has 2 aromatic heterocycles. The predicted octanol–water partition coefficient (Wildman–Crippen LogP) is 5.08. The van der Waals surface area contributed by atoms with Gasteiger partial charge in [-0.05, 0) is 36.2 Å². The third-order valence-corrected chi connectivity index (χ3v) is 5.27. The largest absolute Gasteiger partial charge is 0.416 e. The standard InChI is InChI=1S/C21H18ClF3N4/c1-13-8-19(22)26-9-15(13)11-29-7-6-18-16(12-29)10-27-20(28-18)14-2-4-17(5-3-14)21(23,24)25/h2-5,8-10H,6-7,11-12H2,1H3. The van der Waals surface area contributed by atoms with Crippen molar-refractivity contribution in [3.63, 3.8) is 0 Å². The van der Waals surface area contributed by atoms with Gasteiger partial charge in [-0.2, -0.15) is 13.2 Å². The number of pyridine rings is 1. The van der Waals surface area contributed by atoms with Crippen LogP contribution in [0.3, 0.4) is 0 Å². The lowest BCUT2D eigenvalue weighted by Crippen LogP contribution is -2.31. The van der Waals surface area contributed by atoms with Crippen molar-refractivity contribution in [2.24, 2.45) is 0 Å². The van der Waals surface area contributed by atoms with Crippen LogP contribution in [0.25, 0.3) is 11.4 Å². The molecule has 3 heterocycles. The summed E-state index contributed by atoms with van der Waals surface area (Å²) in [5.74, 6) is 0.448. The molecule has 1 aromatic carbocycles. The summed E-state index contributed by atoms with van der Waals surface area (Å²) < 4.78 is 38.2. The number of rotatable bonds is 3. The van der Waals surface area contributed by atoms with Crippen LogP contribution in [0, 0.1) is 6.92 Å². The van der Waals surface area contributed by atoms with Crippen molar-refractivity contribution < 1.29 is 13.2 Å². The number of aromatic nitrogens is 3. The normalized spacial score (nSPS) is 14.7. The van der Waals surface area contributed by atoms with E-state index in [1.54, 1.807) is 12.4 Å². The summed E-state index contributed by atoms with van der Waals surface area (Å²) in [4.78, 5) is 15.4. The second-order valence-electron chi connectivity index (χ2n) is 7.13. The Morgan fingerprint density at radius 3 is 2.55 bits per heavy atom.